The zero-order chi connectivity index (χ0) is 73.3. The third kappa shape index (κ3) is 51.2. The van der Waals surface area contributed by atoms with Gasteiger partial charge in [-0.15, -0.1) is 55.0 Å². The molecular weight excluding hydrogens is 1620 g/mol. The van der Waals surface area contributed by atoms with Crippen molar-refractivity contribution < 1.29 is 181 Å². The van der Waals surface area contributed by atoms with Crippen LogP contribution in [0, 0.1) is 20.5 Å². The number of ketones is 2. The Bertz CT molecular complexity index is 3230. The summed E-state index contributed by atoms with van der Waals surface area (Å²) >= 11 is 0. The van der Waals surface area contributed by atoms with E-state index in [1.165, 1.54) is 61.8 Å². The molecule has 3 radical (unpaired) electrons. The number of para-hydroxylation sites is 6. The second-order valence-corrected chi connectivity index (χ2v) is 22.0. The van der Waals surface area contributed by atoms with Gasteiger partial charge in [0.05, 0.1) is 38.5 Å². The summed E-state index contributed by atoms with van der Waals surface area (Å²) in [7, 11) is -9.89. The number of aliphatic imine (C=N–C) groups is 4. The molecule has 2 heterocycles. The first-order valence-electron chi connectivity index (χ1n) is 29.6. The third-order valence-corrected chi connectivity index (χ3v) is 12.7. The minimum atomic E-state index is -4.94. The minimum absolute atomic E-state index is 0. The number of hydrogen-bond donors (Lipinski definition) is 2. The molecule has 2 N–H and O–H groups in total. The molecule has 2 aliphatic heterocycles. The van der Waals surface area contributed by atoms with Crippen molar-refractivity contribution in [3.63, 3.8) is 0 Å². The smallest absolute Gasteiger partial charge is 0.872 e. The van der Waals surface area contributed by atoms with Crippen molar-refractivity contribution in [2.75, 3.05) is 105 Å². The summed E-state index contributed by atoms with van der Waals surface area (Å²) in [5.41, 5.74) is 30.9. The first kappa shape index (κ1) is 105. The van der Waals surface area contributed by atoms with E-state index in [0.29, 0.717) is 74.6 Å². The van der Waals surface area contributed by atoms with Gasteiger partial charge in [-0.25, -0.2) is 37.3 Å². The molecule has 0 aliphatic carbocycles. The molecule has 0 aromatic heterocycles. The van der Waals surface area contributed by atoms with Gasteiger partial charge in [-0.3, -0.25) is 49.4 Å². The quantitative estimate of drug-likeness (QED) is 0.0146. The largest absolute Gasteiger partial charge is 3.00 e. The standard InChI is InChI=1S/2C29H35N5O3.2C3H6O.2ClHO4.Cu.2N3.4Ni/c2*35-26-10-4-1-7-23(26)21-31-14-13-30-15-17-33-19-20-34(29(33)25-9-3-6-12-28(25)37)18-16-32-22-24-8-2-5-11-27(24)36;2*1-3(2)4;2*2-1(3,4)5;;2*1-3-2;;;;/h2*1-12,21-22,29-30,35-37H,13-20H2;2*1-2H3;2*(H,2,3,4,5);;;;;;;/q;;;;;;+2;2*-1;2*+2;2*+3/p-8/t2*29-;;;;;;;;;;;/m10.........../s1. The molecule has 2 atom stereocenters. The minimum Gasteiger partial charge on any atom is -0.872 e. The molecular formula is C64H76Cl2CuN16Ni4O16+2. The second kappa shape index (κ2) is 61.6. The second-order valence-electron chi connectivity index (χ2n) is 20.5. The first-order chi connectivity index (χ1) is 46.6. The van der Waals surface area contributed by atoms with Crippen molar-refractivity contribution in [1.29, 1.82) is 0 Å². The molecule has 571 valence electrons. The van der Waals surface area contributed by atoms with Gasteiger partial charge in [-0.2, -0.15) is 0 Å². The van der Waals surface area contributed by atoms with Crippen LogP contribution < -0.4 is 78.5 Å². The Hall–Kier alpha value is -6.73. The van der Waals surface area contributed by atoms with E-state index in [1.54, 1.807) is 97.7 Å². The van der Waals surface area contributed by atoms with Crippen LogP contribution in [0.25, 0.3) is 31.9 Å². The van der Waals surface area contributed by atoms with E-state index in [9.17, 15) is 40.2 Å². The third-order valence-electron chi connectivity index (χ3n) is 12.7. The van der Waals surface area contributed by atoms with Gasteiger partial charge < -0.3 is 73.0 Å². The SMILES string of the molecule is CC(C)=O.CC(C)=O.[Cu+2].[N-]=[N+]=[N-].[N-]=[N+]=[N-].[Ni+2].[Ni+2].[Ni+3].[Ni+3].[O-][Cl+3]([O-])([O-])[O-].[O-][Cl+3]([O-])([O-])[O-].[O-]c1ccccc1C=NCCNCCN1CCN(CCN=Cc2ccccc2[O-])[C@@H]1c1ccccc1[O-].[O-]c1ccccc1C=NCCNCCN1CCN(CCN=Cc2ccccc2[O-])[C@H]1c1ccccc1[O-]. The van der Waals surface area contributed by atoms with Gasteiger partial charge in [0.15, 0.2) is 0 Å². The number of carbonyl (C=O) groups is 2. The van der Waals surface area contributed by atoms with Crippen LogP contribution in [0.4, 0.5) is 0 Å². The van der Waals surface area contributed by atoms with Crippen LogP contribution in [0.15, 0.2) is 166 Å². The first-order valence-corrected chi connectivity index (χ1v) is 32.1. The van der Waals surface area contributed by atoms with Crippen LogP contribution in [0.1, 0.15) is 73.4 Å². The van der Waals surface area contributed by atoms with Crippen molar-refractivity contribution >= 4 is 36.4 Å². The van der Waals surface area contributed by atoms with Crippen LogP contribution in [0.3, 0.4) is 0 Å². The van der Waals surface area contributed by atoms with Crippen LogP contribution in [0.5, 0.6) is 34.5 Å². The van der Waals surface area contributed by atoms with Gasteiger partial charge in [0.2, 0.25) is 0 Å². The number of hydrogen-bond acceptors (Lipinski definition) is 26. The summed E-state index contributed by atoms with van der Waals surface area (Å²) in [5.74, 6) is 0.283. The molecule has 0 spiro atoms. The van der Waals surface area contributed by atoms with E-state index < -0.39 is 20.5 Å². The monoisotopic (exact) mass is 1690 g/mol. The Balaban J connectivity index is -0.000000455. The zero-order valence-electron chi connectivity index (χ0n) is 55.7. The Kier molecular flexibility index (Phi) is 62.7. The fourth-order valence-corrected chi connectivity index (χ4v) is 8.93. The number of nitrogens with one attached hydrogen (secondary N) is 2. The van der Waals surface area contributed by atoms with Gasteiger partial charge in [0.1, 0.15) is 11.6 Å². The number of nitrogens with zero attached hydrogens (tertiary/aromatic N) is 14. The van der Waals surface area contributed by atoms with Gasteiger partial charge in [0.25, 0.3) is 0 Å². The average Bonchev–Trinajstić information content (AvgIpc) is 1.69. The van der Waals surface area contributed by atoms with Gasteiger partial charge in [-0.05, 0) is 61.1 Å². The number of benzene rings is 6. The van der Waals surface area contributed by atoms with Gasteiger partial charge >= 0.3 is 83.0 Å². The van der Waals surface area contributed by atoms with E-state index in [2.05, 4.69) is 50.2 Å². The number of Topliss-reactive ketones (excluding diaryl/α,β-unsaturated/α-hetero) is 2. The van der Waals surface area contributed by atoms with E-state index >= 15 is 0 Å². The van der Waals surface area contributed by atoms with Crippen molar-refractivity contribution in [3.05, 3.63) is 211 Å². The summed E-state index contributed by atoms with van der Waals surface area (Å²) < 4.78 is 67.9. The Labute approximate surface area is 653 Å². The summed E-state index contributed by atoms with van der Waals surface area (Å²) in [4.78, 5) is 48.7. The fraction of sp³-hybridized carbons (Fsp3) is 0.344. The molecule has 39 heteroatoms. The summed E-state index contributed by atoms with van der Waals surface area (Å²) in [6.07, 6.45) is 6.31. The molecule has 6 aromatic rings. The molecule has 2 fully saturated rings. The van der Waals surface area contributed by atoms with E-state index in [4.69, 9.17) is 59.4 Å². The Morgan fingerprint density at radius 1 is 0.398 bits per heavy atom. The van der Waals surface area contributed by atoms with Crippen molar-refractivity contribution in [2.45, 2.75) is 40.0 Å². The molecule has 0 unspecified atom stereocenters. The maximum atomic E-state index is 12.7. The molecule has 8 rings (SSSR count). The van der Waals surface area contributed by atoms with Crippen LogP contribution >= 0.6 is 0 Å². The average molecular weight is 1690 g/mol. The molecule has 2 saturated heterocycles. The molecule has 32 nitrogen and oxygen atoms in total. The maximum Gasteiger partial charge on any atom is 3.00 e. The molecule has 0 amide bonds. The summed E-state index contributed by atoms with van der Waals surface area (Å²) in [6, 6.07) is 41.8. The number of carbonyl (C=O) groups excluding carboxylic acids is 2. The topological polar surface area (TPSA) is 561 Å². The molecule has 2 aliphatic rings. The normalized spacial score (nSPS) is 13.9. The zero-order valence-corrected chi connectivity index (χ0v) is 62.2. The summed E-state index contributed by atoms with van der Waals surface area (Å²) in [5, 5.41) is 79.4. The van der Waals surface area contributed by atoms with Gasteiger partial charge in [0, 0.05) is 103 Å². The van der Waals surface area contributed by atoms with Crippen LogP contribution in [-0.4, -0.2) is 161 Å². The Morgan fingerprint density at radius 2 is 0.592 bits per heavy atom. The molecule has 103 heavy (non-hydrogen) atoms. The van der Waals surface area contributed by atoms with Crippen molar-refractivity contribution in [3.8, 4) is 34.5 Å². The summed E-state index contributed by atoms with van der Waals surface area (Å²) in [6.45, 7) is 17.6. The van der Waals surface area contributed by atoms with Gasteiger partial charge in [-0.1, -0.05) is 146 Å². The Morgan fingerprint density at radius 3 is 0.816 bits per heavy atom. The molecule has 0 saturated carbocycles. The van der Waals surface area contributed by atoms with E-state index in [0.717, 1.165) is 63.5 Å². The van der Waals surface area contributed by atoms with E-state index in [1.807, 2.05) is 48.5 Å². The number of halogens is 2. The molecule has 6 aromatic carbocycles. The molecule has 0 bridgehead atoms. The predicted molar refractivity (Wildman–Crippen MR) is 336 cm³/mol. The maximum absolute atomic E-state index is 12.7. The van der Waals surface area contributed by atoms with Crippen LogP contribution in [0.2, 0.25) is 0 Å². The number of rotatable bonds is 24. The van der Waals surface area contributed by atoms with Crippen LogP contribution in [-0.2, 0) is 92.6 Å². The van der Waals surface area contributed by atoms with Crippen molar-refractivity contribution in [2.24, 2.45) is 20.0 Å². The van der Waals surface area contributed by atoms with Crippen molar-refractivity contribution in [1.82, 2.24) is 30.2 Å². The fourth-order valence-electron chi connectivity index (χ4n) is 8.93. The predicted octanol–water partition coefficient (Wildman–Crippen LogP) is -3.90. The van der Waals surface area contributed by atoms with E-state index in [-0.39, 0.29) is 141 Å².